The van der Waals surface area contributed by atoms with Gasteiger partial charge in [0.2, 0.25) is 0 Å². The molecule has 0 heterocycles. The first-order valence-electron chi connectivity index (χ1n) is 12.4. The third-order valence-corrected chi connectivity index (χ3v) is 12.0. The van der Waals surface area contributed by atoms with E-state index in [4.69, 9.17) is 0 Å². The second kappa shape index (κ2) is 8.34. The van der Waals surface area contributed by atoms with Crippen molar-refractivity contribution >= 4 is 13.6 Å². The molecule has 11 atom stereocenters. The molecule has 4 aliphatic carbocycles. The summed E-state index contributed by atoms with van der Waals surface area (Å²) < 4.78 is 11.8. The van der Waals surface area contributed by atoms with E-state index in [9.17, 15) is 34.5 Å². The summed E-state index contributed by atoms with van der Waals surface area (Å²) in [6.45, 7) is 6.44. The number of hydrogen-bond acceptors (Lipinski definition) is 4. The van der Waals surface area contributed by atoms with E-state index in [2.05, 4.69) is 13.8 Å². The Morgan fingerprint density at radius 2 is 1.72 bits per heavy atom. The smallest absolute Gasteiger partial charge is 0.339 e. The predicted octanol–water partition coefficient (Wildman–Crippen LogP) is 3.63. The Labute approximate surface area is 191 Å². The van der Waals surface area contributed by atoms with Crippen LogP contribution in [-0.4, -0.2) is 48.9 Å². The van der Waals surface area contributed by atoms with Gasteiger partial charge in [-0.1, -0.05) is 20.8 Å². The molecule has 0 aromatic carbocycles. The van der Waals surface area contributed by atoms with Crippen molar-refractivity contribution in [2.75, 3.05) is 0 Å². The number of carbonyl (C=O) groups is 1. The highest BCUT2D eigenvalue weighted by molar-refractivity contribution is 7.53. The first-order chi connectivity index (χ1) is 14.8. The molecule has 0 amide bonds. The summed E-state index contributed by atoms with van der Waals surface area (Å²) in [5, 5.41) is 31.2. The van der Waals surface area contributed by atoms with Crippen LogP contribution in [0.15, 0.2) is 0 Å². The molecular weight excluding hydrogens is 431 g/mol. The van der Waals surface area contributed by atoms with E-state index in [0.29, 0.717) is 23.7 Å². The average molecular weight is 473 g/mol. The van der Waals surface area contributed by atoms with Crippen LogP contribution in [0.3, 0.4) is 0 Å². The number of fused-ring (bicyclic) bond motifs is 5. The Hall–Kier alpha value is -0.460. The number of aliphatic hydroxyl groups is 2. The van der Waals surface area contributed by atoms with E-state index in [-0.39, 0.29) is 35.2 Å². The largest absolute Gasteiger partial charge is 0.481 e. The zero-order valence-electron chi connectivity index (χ0n) is 19.6. The minimum absolute atomic E-state index is 0.0514. The minimum atomic E-state index is -4.74. The summed E-state index contributed by atoms with van der Waals surface area (Å²) in [6, 6.07) is 0. The van der Waals surface area contributed by atoms with E-state index in [1.165, 1.54) is 0 Å². The van der Waals surface area contributed by atoms with Crippen LogP contribution in [-0.2, 0) is 9.36 Å². The fourth-order valence-corrected chi connectivity index (χ4v) is 9.95. The highest BCUT2D eigenvalue weighted by Gasteiger charge is 2.64. The Bertz CT molecular complexity index is 782. The summed E-state index contributed by atoms with van der Waals surface area (Å²) in [5.74, 6) is 0.246. The number of rotatable bonds is 5. The van der Waals surface area contributed by atoms with Crippen LogP contribution in [0.25, 0.3) is 0 Å². The van der Waals surface area contributed by atoms with E-state index in [1.807, 2.05) is 6.92 Å². The second-order valence-electron chi connectivity index (χ2n) is 12.0. The molecule has 4 rings (SSSR count). The molecule has 0 aromatic heterocycles. The fraction of sp³-hybridized carbons (Fsp3) is 0.958. The molecule has 0 aliphatic heterocycles. The lowest BCUT2D eigenvalue weighted by molar-refractivity contribution is -0.175. The van der Waals surface area contributed by atoms with Gasteiger partial charge in [0.15, 0.2) is 5.66 Å². The van der Waals surface area contributed by atoms with Crippen molar-refractivity contribution < 1.29 is 34.5 Å². The van der Waals surface area contributed by atoms with Crippen LogP contribution < -0.4 is 0 Å². The van der Waals surface area contributed by atoms with Gasteiger partial charge in [-0.2, -0.15) is 0 Å². The van der Waals surface area contributed by atoms with Crippen molar-refractivity contribution in [3.05, 3.63) is 0 Å². The summed E-state index contributed by atoms with van der Waals surface area (Å²) in [5.41, 5.74) is -1.88. The maximum absolute atomic E-state index is 11.8. The molecule has 7 nitrogen and oxygen atoms in total. The summed E-state index contributed by atoms with van der Waals surface area (Å²) in [6.07, 6.45) is 6.80. The molecular formula is C24H41O7P. The quantitative estimate of drug-likeness (QED) is 0.386. The van der Waals surface area contributed by atoms with Gasteiger partial charge < -0.3 is 25.1 Å². The van der Waals surface area contributed by atoms with Gasteiger partial charge in [-0.05, 0) is 104 Å². The highest BCUT2D eigenvalue weighted by atomic mass is 31.2. The summed E-state index contributed by atoms with van der Waals surface area (Å²) in [7, 11) is -4.74. The molecule has 32 heavy (non-hydrogen) atoms. The zero-order chi connectivity index (χ0) is 23.6. The van der Waals surface area contributed by atoms with Crippen molar-refractivity contribution in [3.8, 4) is 0 Å². The number of aliphatic carboxylic acids is 1. The van der Waals surface area contributed by atoms with Crippen LogP contribution >= 0.6 is 7.60 Å². The van der Waals surface area contributed by atoms with Crippen LogP contribution in [0.5, 0.6) is 0 Å². The standard InChI is InChI=1S/C24H41O7P/c1-13(10-20(22(27)28)32(29,30)31)17-6-7-18-16-5-4-14-11-15(25)8-9-23(14,2)19(16)12-21(26)24(17,18)3/h13-21,25-26H,4-12H2,1-3H3,(H,27,28)(H2,29,30,31)/t13-,14-,15-,16+,17-,18+,19+,20?,21+,23+,24-/m1/s1. The molecule has 0 bridgehead atoms. The third-order valence-electron chi connectivity index (χ3n) is 10.8. The molecule has 4 fully saturated rings. The third kappa shape index (κ3) is 3.80. The monoisotopic (exact) mass is 472 g/mol. The van der Waals surface area contributed by atoms with Crippen molar-refractivity contribution in [1.29, 1.82) is 0 Å². The van der Waals surface area contributed by atoms with Gasteiger partial charge >= 0.3 is 13.6 Å². The van der Waals surface area contributed by atoms with Gasteiger partial charge in [-0.3, -0.25) is 9.36 Å². The highest BCUT2D eigenvalue weighted by Crippen LogP contribution is 2.68. The maximum Gasteiger partial charge on any atom is 0.339 e. The zero-order valence-corrected chi connectivity index (χ0v) is 20.5. The topological polar surface area (TPSA) is 135 Å². The van der Waals surface area contributed by atoms with Crippen LogP contribution in [0.1, 0.15) is 78.6 Å². The molecule has 8 heteroatoms. The number of hydrogen-bond donors (Lipinski definition) is 5. The van der Waals surface area contributed by atoms with E-state index in [0.717, 1.165) is 51.4 Å². The molecule has 0 aromatic rings. The molecule has 0 radical (unpaired) electrons. The fourth-order valence-electron chi connectivity index (χ4n) is 9.06. The second-order valence-corrected chi connectivity index (χ2v) is 13.8. The Kier molecular flexibility index (Phi) is 6.42. The SMILES string of the molecule is C[C@H](CC(C(=O)O)P(=O)(O)O)[C@H]1CC[C@H]2[C@@H]3CC[C@@H]4C[C@H](O)CC[C@]4(C)[C@H]3C[C@H](O)[C@]12C. The number of carboxylic acid groups (broad SMARTS) is 1. The lowest BCUT2D eigenvalue weighted by atomic mass is 9.43. The van der Waals surface area contributed by atoms with Gasteiger partial charge in [0.05, 0.1) is 12.2 Å². The van der Waals surface area contributed by atoms with Crippen molar-refractivity contribution in [2.24, 2.45) is 46.3 Å². The van der Waals surface area contributed by atoms with Crippen LogP contribution in [0, 0.1) is 46.3 Å². The van der Waals surface area contributed by atoms with Gasteiger partial charge in [0.1, 0.15) is 0 Å². The van der Waals surface area contributed by atoms with Crippen LogP contribution in [0.2, 0.25) is 0 Å². The molecule has 0 spiro atoms. The molecule has 4 saturated carbocycles. The normalized spacial score (nSPS) is 48.3. The lowest BCUT2D eigenvalue weighted by Gasteiger charge is -2.62. The van der Waals surface area contributed by atoms with Gasteiger partial charge in [-0.15, -0.1) is 0 Å². The lowest BCUT2D eigenvalue weighted by Crippen LogP contribution is -2.58. The summed E-state index contributed by atoms with van der Waals surface area (Å²) in [4.78, 5) is 30.7. The molecule has 5 N–H and O–H groups in total. The molecule has 4 aliphatic rings. The van der Waals surface area contributed by atoms with Crippen molar-refractivity contribution in [1.82, 2.24) is 0 Å². The molecule has 0 saturated heterocycles. The van der Waals surface area contributed by atoms with E-state index >= 15 is 0 Å². The Morgan fingerprint density at radius 3 is 2.34 bits per heavy atom. The van der Waals surface area contributed by atoms with Gasteiger partial charge in [-0.25, -0.2) is 0 Å². The Balaban J connectivity index is 1.57. The average Bonchev–Trinajstić information content (AvgIpc) is 3.05. The van der Waals surface area contributed by atoms with Gasteiger partial charge in [0.25, 0.3) is 0 Å². The number of carboxylic acids is 1. The minimum Gasteiger partial charge on any atom is -0.481 e. The first-order valence-corrected chi connectivity index (χ1v) is 14.1. The van der Waals surface area contributed by atoms with Gasteiger partial charge in [0, 0.05) is 0 Å². The maximum atomic E-state index is 11.8. The Morgan fingerprint density at radius 1 is 1.03 bits per heavy atom. The molecule has 184 valence electrons. The van der Waals surface area contributed by atoms with Crippen molar-refractivity contribution in [2.45, 2.75) is 96.4 Å². The van der Waals surface area contributed by atoms with Crippen molar-refractivity contribution in [3.63, 3.8) is 0 Å². The predicted molar refractivity (Wildman–Crippen MR) is 120 cm³/mol. The van der Waals surface area contributed by atoms with E-state index in [1.54, 1.807) is 0 Å². The number of aliphatic hydroxyl groups excluding tert-OH is 2. The molecule has 1 unspecified atom stereocenters. The summed E-state index contributed by atoms with van der Waals surface area (Å²) >= 11 is 0. The van der Waals surface area contributed by atoms with E-state index < -0.39 is 25.3 Å². The first kappa shape index (κ1) is 24.7. The van der Waals surface area contributed by atoms with Crippen LogP contribution in [0.4, 0.5) is 0 Å².